The highest BCUT2D eigenvalue weighted by Crippen LogP contribution is 2.35. The minimum absolute atomic E-state index is 0.0513. The van der Waals surface area contributed by atoms with Gasteiger partial charge in [0.2, 0.25) is 0 Å². The first-order chi connectivity index (χ1) is 21.3. The summed E-state index contributed by atoms with van der Waals surface area (Å²) in [6.07, 6.45) is 4.41. The normalized spacial score (nSPS) is 19.1. The van der Waals surface area contributed by atoms with Crippen molar-refractivity contribution in [1.29, 1.82) is 0 Å². The summed E-state index contributed by atoms with van der Waals surface area (Å²) >= 11 is 0. The molecule has 9 heteroatoms. The molecule has 0 bridgehead atoms. The fourth-order valence-electron chi connectivity index (χ4n) is 6.25. The second-order valence-electron chi connectivity index (χ2n) is 13.1. The zero-order valence-corrected chi connectivity index (χ0v) is 26.8. The number of anilines is 1. The van der Waals surface area contributed by atoms with Crippen molar-refractivity contribution in [2.75, 3.05) is 12.3 Å². The molecule has 3 N–H and O–H groups in total. The van der Waals surface area contributed by atoms with Gasteiger partial charge in [0.25, 0.3) is 5.56 Å². The second kappa shape index (κ2) is 15.0. The van der Waals surface area contributed by atoms with E-state index in [1.54, 1.807) is 12.1 Å². The Balaban J connectivity index is 1.43. The number of hydrogen-bond acceptors (Lipinski definition) is 6. The number of esters is 1. The molecular formula is C36H45F2N3O4. The number of ether oxygens (including phenoxy) is 1. The molecule has 0 unspecified atom stereocenters. The molecule has 0 saturated heterocycles. The molecule has 4 atom stereocenters. The Kier molecular flexibility index (Phi) is 11.3. The van der Waals surface area contributed by atoms with E-state index in [-0.39, 0.29) is 29.0 Å². The number of halogens is 2. The molecule has 7 nitrogen and oxygen atoms in total. The van der Waals surface area contributed by atoms with E-state index < -0.39 is 29.0 Å². The van der Waals surface area contributed by atoms with Gasteiger partial charge >= 0.3 is 5.97 Å². The molecule has 45 heavy (non-hydrogen) atoms. The van der Waals surface area contributed by atoms with Crippen molar-refractivity contribution in [3.05, 3.63) is 93.3 Å². The maximum absolute atomic E-state index is 14.3. The highest BCUT2D eigenvalue weighted by molar-refractivity contribution is 6.11. The molecule has 242 valence electrons. The predicted molar refractivity (Wildman–Crippen MR) is 172 cm³/mol. The molecule has 4 rings (SSSR count). The summed E-state index contributed by atoms with van der Waals surface area (Å²) in [5.41, 5.74) is 6.78. The van der Waals surface area contributed by atoms with Gasteiger partial charge in [0.1, 0.15) is 29.6 Å². The van der Waals surface area contributed by atoms with Gasteiger partial charge in [0.15, 0.2) is 5.78 Å². The molecule has 1 fully saturated rings. The minimum Gasteiger partial charge on any atom is -0.461 e. The van der Waals surface area contributed by atoms with Gasteiger partial charge in [-0.1, -0.05) is 53.2 Å². The molecule has 0 aliphatic heterocycles. The fraction of sp³-hybridized carbons (Fsp3) is 0.472. The Bertz CT molecular complexity index is 1550. The van der Waals surface area contributed by atoms with Crippen LogP contribution in [0, 0.1) is 35.3 Å². The highest BCUT2D eigenvalue weighted by atomic mass is 19.1. The number of rotatable bonds is 12. The number of nitrogen functional groups attached to an aromatic ring is 1. The lowest BCUT2D eigenvalue weighted by Crippen LogP contribution is -2.44. The molecule has 0 radical (unpaired) electrons. The Morgan fingerprint density at radius 2 is 1.69 bits per heavy atom. The van der Waals surface area contributed by atoms with Crippen molar-refractivity contribution in [2.45, 2.75) is 78.9 Å². The highest BCUT2D eigenvalue weighted by Gasteiger charge is 2.35. The Morgan fingerprint density at radius 1 is 1.00 bits per heavy atom. The van der Waals surface area contributed by atoms with Crippen LogP contribution in [0.4, 0.5) is 14.6 Å². The average molecular weight is 622 g/mol. The number of hydrogen-bond donors (Lipinski definition) is 2. The molecular weight excluding hydrogens is 576 g/mol. The van der Waals surface area contributed by atoms with Gasteiger partial charge in [-0.15, -0.1) is 0 Å². The molecule has 1 aromatic heterocycles. The maximum Gasteiger partial charge on any atom is 0.323 e. The Morgan fingerprint density at radius 3 is 2.33 bits per heavy atom. The quantitative estimate of drug-likeness (QED) is 0.177. The minimum atomic E-state index is -1.01. The van der Waals surface area contributed by atoms with Crippen LogP contribution in [0.15, 0.2) is 59.4 Å². The van der Waals surface area contributed by atoms with Crippen LogP contribution in [0.5, 0.6) is 0 Å². The van der Waals surface area contributed by atoms with Gasteiger partial charge in [-0.3, -0.25) is 19.0 Å². The summed E-state index contributed by atoms with van der Waals surface area (Å²) in [5.74, 6) is -1.20. The summed E-state index contributed by atoms with van der Waals surface area (Å²) in [7, 11) is 0. The Labute approximate surface area is 264 Å². The SMILES string of the molecule is CC(C)C[C@H](NCCc1ccc(-n2c(N)c(C(=O)c3ccc(F)cc3F)ccc2=O)cc1)C(=O)O[C@H]1C[C@@H](C)CC[C@@H]1C(C)C. The molecule has 1 saturated carbocycles. The number of ketones is 1. The van der Waals surface area contributed by atoms with Gasteiger partial charge in [-0.25, -0.2) is 8.78 Å². The predicted octanol–water partition coefficient (Wildman–Crippen LogP) is 6.48. The van der Waals surface area contributed by atoms with Crippen molar-refractivity contribution < 1.29 is 23.1 Å². The number of nitrogens with zero attached hydrogens (tertiary/aromatic N) is 1. The number of pyridine rings is 1. The van der Waals surface area contributed by atoms with Crippen LogP contribution < -0.4 is 16.6 Å². The number of nitrogens with two attached hydrogens (primary N) is 1. The van der Waals surface area contributed by atoms with Crippen molar-refractivity contribution in [1.82, 2.24) is 9.88 Å². The number of carbonyl (C=O) groups is 2. The van der Waals surface area contributed by atoms with E-state index in [1.165, 1.54) is 23.1 Å². The maximum atomic E-state index is 14.3. The van der Waals surface area contributed by atoms with E-state index in [9.17, 15) is 23.2 Å². The van der Waals surface area contributed by atoms with E-state index in [4.69, 9.17) is 10.5 Å². The van der Waals surface area contributed by atoms with E-state index in [0.29, 0.717) is 54.8 Å². The van der Waals surface area contributed by atoms with Gasteiger partial charge in [0.05, 0.1) is 16.8 Å². The topological polar surface area (TPSA) is 103 Å². The number of aromatic nitrogens is 1. The van der Waals surface area contributed by atoms with Crippen LogP contribution in [0.2, 0.25) is 0 Å². The van der Waals surface area contributed by atoms with Crippen molar-refractivity contribution >= 4 is 17.6 Å². The molecule has 1 heterocycles. The van der Waals surface area contributed by atoms with Crippen molar-refractivity contribution in [3.63, 3.8) is 0 Å². The first kappa shape index (κ1) is 34.0. The largest absolute Gasteiger partial charge is 0.461 e. The number of benzene rings is 2. The summed E-state index contributed by atoms with van der Waals surface area (Å²) in [5, 5.41) is 3.41. The van der Waals surface area contributed by atoms with Crippen LogP contribution in [-0.2, 0) is 16.0 Å². The summed E-state index contributed by atoms with van der Waals surface area (Å²) in [6.45, 7) is 11.4. The van der Waals surface area contributed by atoms with Crippen molar-refractivity contribution in [2.24, 2.45) is 23.7 Å². The van der Waals surface area contributed by atoms with Crippen LogP contribution >= 0.6 is 0 Å². The number of nitrogens with one attached hydrogen (secondary N) is 1. The average Bonchev–Trinajstić information content (AvgIpc) is 2.97. The molecule has 2 aromatic carbocycles. The van der Waals surface area contributed by atoms with Crippen LogP contribution in [0.1, 0.15) is 81.8 Å². The van der Waals surface area contributed by atoms with Gasteiger partial charge in [0, 0.05) is 12.1 Å². The van der Waals surface area contributed by atoms with Gasteiger partial charge in [-0.2, -0.15) is 0 Å². The Hall–Kier alpha value is -3.85. The van der Waals surface area contributed by atoms with E-state index in [2.05, 4.69) is 39.9 Å². The zero-order valence-electron chi connectivity index (χ0n) is 26.8. The van der Waals surface area contributed by atoms with E-state index in [0.717, 1.165) is 30.5 Å². The summed E-state index contributed by atoms with van der Waals surface area (Å²) in [6, 6.07) is 11.8. The third-order valence-electron chi connectivity index (χ3n) is 8.77. The first-order valence-corrected chi connectivity index (χ1v) is 15.9. The third kappa shape index (κ3) is 8.45. The fourth-order valence-corrected chi connectivity index (χ4v) is 6.25. The standard InChI is InChI=1S/C36H45F2N3O4/c1-21(2)18-31(36(44)45-32-19-23(5)6-12-27(32)22(3)4)40-17-16-24-7-10-26(11-8-24)41-33(42)15-14-29(35(41)39)34(43)28-13-9-25(37)20-30(28)38/h7-11,13-15,20-23,27,31-32,40H,6,12,16-19,39H2,1-5H3/t23-,27+,31-,32-/m0/s1. The summed E-state index contributed by atoms with van der Waals surface area (Å²) < 4.78 is 35.0. The van der Waals surface area contributed by atoms with Gasteiger partial charge in [-0.05, 0) is 91.8 Å². The number of carbonyl (C=O) groups excluding carboxylic acids is 2. The van der Waals surface area contributed by atoms with Crippen LogP contribution in [-0.4, -0.2) is 35.0 Å². The molecule has 1 aliphatic rings. The second-order valence-corrected chi connectivity index (χ2v) is 13.1. The lowest BCUT2D eigenvalue weighted by atomic mass is 9.75. The molecule has 3 aromatic rings. The molecule has 0 amide bonds. The first-order valence-electron chi connectivity index (χ1n) is 15.9. The monoisotopic (exact) mass is 621 g/mol. The third-order valence-corrected chi connectivity index (χ3v) is 8.77. The van der Waals surface area contributed by atoms with E-state index in [1.807, 2.05) is 12.1 Å². The molecule has 1 aliphatic carbocycles. The van der Waals surface area contributed by atoms with E-state index >= 15 is 0 Å². The summed E-state index contributed by atoms with van der Waals surface area (Å²) in [4.78, 5) is 39.1. The van der Waals surface area contributed by atoms with Crippen LogP contribution in [0.3, 0.4) is 0 Å². The smallest absolute Gasteiger partial charge is 0.323 e. The molecule has 0 spiro atoms. The van der Waals surface area contributed by atoms with Crippen LogP contribution in [0.25, 0.3) is 5.69 Å². The zero-order chi connectivity index (χ0) is 32.8. The lowest BCUT2D eigenvalue weighted by molar-refractivity contribution is -0.159. The lowest BCUT2D eigenvalue weighted by Gasteiger charge is -2.37. The van der Waals surface area contributed by atoms with Crippen molar-refractivity contribution in [3.8, 4) is 5.69 Å². The van der Waals surface area contributed by atoms with Gasteiger partial charge < -0.3 is 15.8 Å².